The first-order valence-electron chi connectivity index (χ1n) is 5.96. The van der Waals surface area contributed by atoms with Gasteiger partial charge in [-0.1, -0.05) is 0 Å². The van der Waals surface area contributed by atoms with E-state index in [-0.39, 0.29) is 43.5 Å². The average molecular weight is 283 g/mol. The molecular formula is C13H17NO4S. The summed E-state index contributed by atoms with van der Waals surface area (Å²) in [5.74, 6) is -0.628. The van der Waals surface area contributed by atoms with Crippen LogP contribution in [0.1, 0.15) is 33.8 Å². The number of aryl methyl sites for hydroxylation is 1. The standard InChI is InChI=1S/C13H17NO4S/c1-9-3-5-11(19-9)10(15)4-6-12(16)14-8-7-13(17)18-2/h3,5H,4,6-8H2,1-2H3,(H,14,16). The Morgan fingerprint density at radius 3 is 2.53 bits per heavy atom. The first kappa shape index (κ1) is 15.4. The minimum atomic E-state index is -0.370. The number of ketones is 1. The van der Waals surface area contributed by atoms with Gasteiger partial charge in [-0.25, -0.2) is 0 Å². The summed E-state index contributed by atoms with van der Waals surface area (Å²) in [5, 5.41) is 2.57. The number of carbonyl (C=O) groups excluding carboxylic acids is 3. The number of methoxy groups -OCH3 is 1. The van der Waals surface area contributed by atoms with E-state index in [4.69, 9.17) is 0 Å². The van der Waals surface area contributed by atoms with Gasteiger partial charge in [0, 0.05) is 24.3 Å². The Hall–Kier alpha value is -1.69. The Labute approximate surface area is 116 Å². The lowest BCUT2D eigenvalue weighted by Gasteiger charge is -2.03. The lowest BCUT2D eigenvalue weighted by molar-refractivity contribution is -0.140. The SMILES string of the molecule is COC(=O)CCNC(=O)CCC(=O)c1ccc(C)s1. The predicted molar refractivity (Wildman–Crippen MR) is 72.3 cm³/mol. The monoisotopic (exact) mass is 283 g/mol. The summed E-state index contributed by atoms with van der Waals surface area (Å²) in [7, 11) is 1.30. The highest BCUT2D eigenvalue weighted by Gasteiger charge is 2.11. The fraction of sp³-hybridized carbons (Fsp3) is 0.462. The Morgan fingerprint density at radius 2 is 1.95 bits per heavy atom. The topological polar surface area (TPSA) is 72.5 Å². The number of thiophene rings is 1. The molecule has 0 aliphatic heterocycles. The summed E-state index contributed by atoms with van der Waals surface area (Å²) < 4.78 is 4.45. The van der Waals surface area contributed by atoms with Crippen molar-refractivity contribution in [3.05, 3.63) is 21.9 Å². The smallest absolute Gasteiger partial charge is 0.307 e. The highest BCUT2D eigenvalue weighted by Crippen LogP contribution is 2.17. The summed E-state index contributed by atoms with van der Waals surface area (Å²) in [5.41, 5.74) is 0. The third-order valence-corrected chi connectivity index (χ3v) is 3.51. The van der Waals surface area contributed by atoms with Gasteiger partial charge >= 0.3 is 5.97 Å². The van der Waals surface area contributed by atoms with Crippen molar-refractivity contribution in [2.75, 3.05) is 13.7 Å². The number of Topliss-reactive ketones (excluding diaryl/α,β-unsaturated/α-hetero) is 1. The molecule has 0 saturated heterocycles. The van der Waals surface area contributed by atoms with E-state index < -0.39 is 0 Å². The summed E-state index contributed by atoms with van der Waals surface area (Å²) in [4.78, 5) is 35.8. The number of nitrogens with one attached hydrogen (secondary N) is 1. The molecule has 0 aromatic carbocycles. The first-order valence-corrected chi connectivity index (χ1v) is 6.77. The molecule has 0 fully saturated rings. The van der Waals surface area contributed by atoms with Crippen LogP contribution in [0.3, 0.4) is 0 Å². The zero-order valence-electron chi connectivity index (χ0n) is 11.0. The summed E-state index contributed by atoms with van der Waals surface area (Å²) in [6.07, 6.45) is 0.460. The second kappa shape index (κ2) is 7.68. The van der Waals surface area contributed by atoms with Crippen molar-refractivity contribution in [1.82, 2.24) is 5.32 Å². The molecule has 6 heteroatoms. The van der Waals surface area contributed by atoms with Gasteiger partial charge in [0.25, 0.3) is 0 Å². The fourth-order valence-corrected chi connectivity index (χ4v) is 2.26. The molecule has 5 nitrogen and oxygen atoms in total. The van der Waals surface area contributed by atoms with Gasteiger partial charge in [-0.2, -0.15) is 0 Å². The molecular weight excluding hydrogens is 266 g/mol. The van der Waals surface area contributed by atoms with Crippen LogP contribution in [-0.2, 0) is 14.3 Å². The van der Waals surface area contributed by atoms with Gasteiger partial charge < -0.3 is 10.1 Å². The van der Waals surface area contributed by atoms with Crippen LogP contribution < -0.4 is 5.32 Å². The highest BCUT2D eigenvalue weighted by molar-refractivity contribution is 7.14. The van der Waals surface area contributed by atoms with Gasteiger partial charge in [-0.15, -0.1) is 11.3 Å². The molecule has 1 N–H and O–H groups in total. The molecule has 0 unspecified atom stereocenters. The van der Waals surface area contributed by atoms with E-state index in [0.29, 0.717) is 4.88 Å². The van der Waals surface area contributed by atoms with Crippen LogP contribution in [-0.4, -0.2) is 31.3 Å². The molecule has 0 spiro atoms. The third-order valence-electron chi connectivity index (χ3n) is 2.47. The van der Waals surface area contributed by atoms with Crippen molar-refractivity contribution >= 4 is 29.0 Å². The van der Waals surface area contributed by atoms with Crippen LogP contribution >= 0.6 is 11.3 Å². The zero-order valence-corrected chi connectivity index (χ0v) is 11.8. The van der Waals surface area contributed by atoms with Crippen molar-refractivity contribution < 1.29 is 19.1 Å². The van der Waals surface area contributed by atoms with Crippen LogP contribution in [0.5, 0.6) is 0 Å². The molecule has 104 valence electrons. The number of hydrogen-bond donors (Lipinski definition) is 1. The van der Waals surface area contributed by atoms with Crippen molar-refractivity contribution in [2.24, 2.45) is 0 Å². The second-order valence-corrected chi connectivity index (χ2v) is 5.30. The van der Waals surface area contributed by atoms with Gasteiger partial charge in [0.1, 0.15) is 0 Å². The Morgan fingerprint density at radius 1 is 1.21 bits per heavy atom. The van der Waals surface area contributed by atoms with Gasteiger partial charge in [-0.05, 0) is 19.1 Å². The Balaban J connectivity index is 2.23. The molecule has 0 aliphatic carbocycles. The van der Waals surface area contributed by atoms with E-state index >= 15 is 0 Å². The number of hydrogen-bond acceptors (Lipinski definition) is 5. The number of rotatable bonds is 7. The minimum Gasteiger partial charge on any atom is -0.469 e. The van der Waals surface area contributed by atoms with E-state index in [1.165, 1.54) is 18.4 Å². The summed E-state index contributed by atoms with van der Waals surface area (Å²) in [6.45, 7) is 2.17. The van der Waals surface area contributed by atoms with Crippen molar-refractivity contribution in [3.8, 4) is 0 Å². The van der Waals surface area contributed by atoms with Crippen LogP contribution in [0.4, 0.5) is 0 Å². The highest BCUT2D eigenvalue weighted by atomic mass is 32.1. The molecule has 0 bridgehead atoms. The molecule has 0 aliphatic rings. The van der Waals surface area contributed by atoms with Gasteiger partial charge in [0.2, 0.25) is 5.91 Å². The number of esters is 1. The maximum absolute atomic E-state index is 11.7. The normalized spacial score (nSPS) is 10.0. The van der Waals surface area contributed by atoms with Gasteiger partial charge in [0.15, 0.2) is 5.78 Å². The molecule has 1 rings (SSSR count). The number of ether oxygens (including phenoxy) is 1. The number of carbonyl (C=O) groups is 3. The maximum Gasteiger partial charge on any atom is 0.307 e. The minimum absolute atomic E-state index is 0.0267. The average Bonchev–Trinajstić information content (AvgIpc) is 2.82. The summed E-state index contributed by atoms with van der Waals surface area (Å²) in [6, 6.07) is 3.66. The molecule has 0 saturated carbocycles. The maximum atomic E-state index is 11.7. The van der Waals surface area contributed by atoms with Gasteiger partial charge in [-0.3, -0.25) is 14.4 Å². The Bertz CT molecular complexity index is 467. The lowest BCUT2D eigenvalue weighted by atomic mass is 10.2. The quantitative estimate of drug-likeness (QED) is 0.610. The van der Waals surface area contributed by atoms with Crippen molar-refractivity contribution in [1.29, 1.82) is 0 Å². The molecule has 1 heterocycles. The van der Waals surface area contributed by atoms with E-state index in [2.05, 4.69) is 10.1 Å². The first-order chi connectivity index (χ1) is 9.02. The van der Waals surface area contributed by atoms with Crippen molar-refractivity contribution in [2.45, 2.75) is 26.2 Å². The van der Waals surface area contributed by atoms with Crippen LogP contribution in [0.2, 0.25) is 0 Å². The number of amides is 1. The van der Waals surface area contributed by atoms with Crippen LogP contribution in [0, 0.1) is 6.92 Å². The predicted octanol–water partition coefficient (Wildman–Crippen LogP) is 1.70. The third kappa shape index (κ3) is 5.65. The molecule has 1 amide bonds. The summed E-state index contributed by atoms with van der Waals surface area (Å²) >= 11 is 1.43. The molecule has 1 aromatic heterocycles. The molecule has 0 radical (unpaired) electrons. The van der Waals surface area contributed by atoms with Gasteiger partial charge in [0.05, 0.1) is 18.4 Å². The molecule has 19 heavy (non-hydrogen) atoms. The zero-order chi connectivity index (χ0) is 14.3. The van der Waals surface area contributed by atoms with Crippen LogP contribution in [0.25, 0.3) is 0 Å². The Kier molecular flexibility index (Phi) is 6.21. The van der Waals surface area contributed by atoms with E-state index in [1.807, 2.05) is 13.0 Å². The van der Waals surface area contributed by atoms with Crippen molar-refractivity contribution in [3.63, 3.8) is 0 Å². The molecule has 0 atom stereocenters. The lowest BCUT2D eigenvalue weighted by Crippen LogP contribution is -2.26. The largest absolute Gasteiger partial charge is 0.469 e. The van der Waals surface area contributed by atoms with Crippen LogP contribution in [0.15, 0.2) is 12.1 Å². The van der Waals surface area contributed by atoms with E-state index in [9.17, 15) is 14.4 Å². The second-order valence-electron chi connectivity index (χ2n) is 4.01. The van der Waals surface area contributed by atoms with E-state index in [0.717, 1.165) is 4.88 Å². The van der Waals surface area contributed by atoms with E-state index in [1.54, 1.807) is 6.07 Å². The fourth-order valence-electron chi connectivity index (χ4n) is 1.43. The molecule has 1 aromatic rings.